The molecule has 1 aromatic carbocycles. The molecule has 0 bridgehead atoms. The van der Waals surface area contributed by atoms with Gasteiger partial charge in [-0.15, -0.1) is 0 Å². The van der Waals surface area contributed by atoms with Gasteiger partial charge in [0.1, 0.15) is 5.82 Å². The first-order valence-electron chi connectivity index (χ1n) is 7.68. The highest BCUT2D eigenvalue weighted by Gasteiger charge is 2.19. The fraction of sp³-hybridized carbons (Fsp3) is 0.250. The first-order valence-corrected chi connectivity index (χ1v) is 9.22. The van der Waals surface area contributed by atoms with Gasteiger partial charge in [-0.05, 0) is 36.4 Å². The van der Waals surface area contributed by atoms with E-state index in [1.165, 1.54) is 18.2 Å². The van der Waals surface area contributed by atoms with Crippen LogP contribution in [0.3, 0.4) is 0 Å². The lowest BCUT2D eigenvalue weighted by Gasteiger charge is -2.36. The molecule has 2 aromatic rings. The molecule has 1 aliphatic rings. The molecule has 25 heavy (non-hydrogen) atoms. The molecule has 1 aromatic heterocycles. The van der Waals surface area contributed by atoms with Crippen molar-refractivity contribution in [1.82, 2.24) is 4.98 Å². The lowest BCUT2D eigenvalue weighted by molar-refractivity contribution is 0.0690. The van der Waals surface area contributed by atoms with Crippen LogP contribution in [0.2, 0.25) is 0 Å². The number of primary sulfonamides is 1. The molecular weight excluding hydrogens is 344 g/mol. The Hall–Kier alpha value is -2.65. The van der Waals surface area contributed by atoms with Crippen LogP contribution in [0.1, 0.15) is 10.5 Å². The molecule has 0 unspecified atom stereocenters. The van der Waals surface area contributed by atoms with Crippen LogP contribution < -0.4 is 14.9 Å². The average molecular weight is 362 g/mol. The zero-order valence-electron chi connectivity index (χ0n) is 13.4. The summed E-state index contributed by atoms with van der Waals surface area (Å²) >= 11 is 0. The molecule has 0 aliphatic carbocycles. The molecule has 1 saturated heterocycles. The van der Waals surface area contributed by atoms with Gasteiger partial charge < -0.3 is 14.9 Å². The van der Waals surface area contributed by atoms with E-state index in [1.54, 1.807) is 24.3 Å². The highest BCUT2D eigenvalue weighted by atomic mass is 32.2. The Balaban J connectivity index is 1.68. The number of carboxylic acid groups (broad SMARTS) is 1. The molecule has 0 radical (unpaired) electrons. The Bertz CT molecular complexity index is 875. The number of aromatic nitrogens is 1. The number of aromatic carboxylic acids is 1. The number of piperazine rings is 1. The van der Waals surface area contributed by atoms with E-state index in [9.17, 15) is 13.2 Å². The van der Waals surface area contributed by atoms with Gasteiger partial charge >= 0.3 is 5.97 Å². The summed E-state index contributed by atoms with van der Waals surface area (Å²) in [6, 6.07) is 11.4. The van der Waals surface area contributed by atoms with Gasteiger partial charge in [0.15, 0.2) is 5.69 Å². The molecule has 2 heterocycles. The number of carboxylic acids is 1. The number of nitrogens with zero attached hydrogens (tertiary/aromatic N) is 3. The summed E-state index contributed by atoms with van der Waals surface area (Å²) in [5, 5.41) is 14.1. The lowest BCUT2D eigenvalue weighted by atomic mass is 10.2. The second-order valence-corrected chi connectivity index (χ2v) is 7.26. The van der Waals surface area contributed by atoms with Crippen LogP contribution in [0.15, 0.2) is 47.4 Å². The van der Waals surface area contributed by atoms with Gasteiger partial charge in [-0.25, -0.2) is 23.3 Å². The molecule has 0 atom stereocenters. The van der Waals surface area contributed by atoms with Gasteiger partial charge in [0.2, 0.25) is 10.0 Å². The van der Waals surface area contributed by atoms with Crippen LogP contribution in [0, 0.1) is 0 Å². The smallest absolute Gasteiger partial charge is 0.354 e. The van der Waals surface area contributed by atoms with Crippen LogP contribution in [0.4, 0.5) is 11.5 Å². The minimum atomic E-state index is -3.69. The number of carbonyl (C=O) groups is 1. The molecule has 0 spiro atoms. The van der Waals surface area contributed by atoms with Gasteiger partial charge in [0.05, 0.1) is 4.90 Å². The number of nitrogens with two attached hydrogens (primary N) is 1. The summed E-state index contributed by atoms with van der Waals surface area (Å²) in [6.45, 7) is 2.81. The molecule has 1 aliphatic heterocycles. The molecule has 9 heteroatoms. The summed E-state index contributed by atoms with van der Waals surface area (Å²) < 4.78 is 22.6. The normalized spacial score (nSPS) is 15.2. The van der Waals surface area contributed by atoms with E-state index in [-0.39, 0.29) is 10.6 Å². The Morgan fingerprint density at radius 3 is 2.16 bits per heavy atom. The minimum Gasteiger partial charge on any atom is -0.477 e. The maximum atomic E-state index is 11.3. The predicted octanol–water partition coefficient (Wildman–Crippen LogP) is 0.754. The van der Waals surface area contributed by atoms with Gasteiger partial charge in [0.25, 0.3) is 0 Å². The SMILES string of the molecule is NS(=O)(=O)c1ccc(N2CCN(c3cccc(C(=O)O)n3)CC2)cc1. The first kappa shape index (κ1) is 17.2. The maximum absolute atomic E-state index is 11.3. The molecule has 8 nitrogen and oxygen atoms in total. The molecule has 3 rings (SSSR count). The Kier molecular flexibility index (Phi) is 4.60. The van der Waals surface area contributed by atoms with Crippen molar-refractivity contribution in [2.24, 2.45) is 5.14 Å². The number of rotatable bonds is 4. The third-order valence-electron chi connectivity index (χ3n) is 4.09. The summed E-state index contributed by atoms with van der Waals surface area (Å²) in [7, 11) is -3.69. The molecular formula is C16H18N4O4S. The number of pyridine rings is 1. The standard InChI is InChI=1S/C16H18N4O4S/c17-25(23,24)13-6-4-12(5-7-13)19-8-10-20(11-9-19)15-3-1-2-14(18-15)16(21)22/h1-7H,8-11H2,(H,21,22)(H2,17,23,24). The third kappa shape index (κ3) is 3.89. The van der Waals surface area contributed by atoms with Crippen molar-refractivity contribution in [1.29, 1.82) is 0 Å². The van der Waals surface area contributed by atoms with E-state index in [4.69, 9.17) is 10.2 Å². The van der Waals surface area contributed by atoms with Gasteiger partial charge in [-0.3, -0.25) is 0 Å². The Morgan fingerprint density at radius 2 is 1.60 bits per heavy atom. The second-order valence-electron chi connectivity index (χ2n) is 5.70. The van der Waals surface area contributed by atoms with Crippen molar-refractivity contribution in [3.8, 4) is 0 Å². The summed E-state index contributed by atoms with van der Waals surface area (Å²) in [6.07, 6.45) is 0. The quantitative estimate of drug-likeness (QED) is 0.824. The van der Waals surface area contributed by atoms with E-state index >= 15 is 0 Å². The van der Waals surface area contributed by atoms with Crippen LogP contribution >= 0.6 is 0 Å². The van der Waals surface area contributed by atoms with Crippen molar-refractivity contribution in [3.63, 3.8) is 0 Å². The number of benzene rings is 1. The average Bonchev–Trinajstić information content (AvgIpc) is 2.61. The molecule has 132 valence electrons. The van der Waals surface area contributed by atoms with E-state index in [0.717, 1.165) is 5.69 Å². The summed E-state index contributed by atoms with van der Waals surface area (Å²) in [5.74, 6) is -0.403. The Labute approximate surface area is 145 Å². The zero-order valence-corrected chi connectivity index (χ0v) is 14.2. The number of anilines is 2. The monoisotopic (exact) mass is 362 g/mol. The molecule has 3 N–H and O–H groups in total. The first-order chi connectivity index (χ1) is 11.8. The molecule has 1 fully saturated rings. The predicted molar refractivity (Wildman–Crippen MR) is 93.4 cm³/mol. The van der Waals surface area contributed by atoms with Gasteiger partial charge in [-0.1, -0.05) is 6.07 Å². The van der Waals surface area contributed by atoms with Crippen molar-refractivity contribution < 1.29 is 18.3 Å². The van der Waals surface area contributed by atoms with Crippen LogP contribution in [-0.4, -0.2) is 50.7 Å². The number of hydrogen-bond acceptors (Lipinski definition) is 6. The fourth-order valence-electron chi connectivity index (χ4n) is 2.76. The third-order valence-corrected chi connectivity index (χ3v) is 5.02. The highest BCUT2D eigenvalue weighted by molar-refractivity contribution is 7.89. The fourth-order valence-corrected chi connectivity index (χ4v) is 3.27. The molecule has 0 saturated carbocycles. The number of sulfonamides is 1. The second kappa shape index (κ2) is 6.69. The van der Waals surface area contributed by atoms with E-state index in [1.807, 2.05) is 4.90 Å². The largest absolute Gasteiger partial charge is 0.477 e. The van der Waals surface area contributed by atoms with Crippen molar-refractivity contribution in [3.05, 3.63) is 48.2 Å². The highest BCUT2D eigenvalue weighted by Crippen LogP contribution is 2.21. The van der Waals surface area contributed by atoms with E-state index < -0.39 is 16.0 Å². The van der Waals surface area contributed by atoms with Gasteiger partial charge in [0, 0.05) is 31.9 Å². The van der Waals surface area contributed by atoms with Crippen LogP contribution in [0.25, 0.3) is 0 Å². The van der Waals surface area contributed by atoms with Gasteiger partial charge in [-0.2, -0.15) is 0 Å². The van der Waals surface area contributed by atoms with Crippen LogP contribution in [0.5, 0.6) is 0 Å². The number of hydrogen-bond donors (Lipinski definition) is 2. The zero-order chi connectivity index (χ0) is 18.0. The van der Waals surface area contributed by atoms with E-state index in [0.29, 0.717) is 32.0 Å². The maximum Gasteiger partial charge on any atom is 0.354 e. The molecule has 0 amide bonds. The topological polar surface area (TPSA) is 117 Å². The minimum absolute atomic E-state index is 0.0264. The Morgan fingerprint density at radius 1 is 1.00 bits per heavy atom. The van der Waals surface area contributed by atoms with Crippen molar-refractivity contribution >= 4 is 27.5 Å². The van der Waals surface area contributed by atoms with Crippen molar-refractivity contribution in [2.75, 3.05) is 36.0 Å². The summed E-state index contributed by atoms with van der Waals surface area (Å²) in [4.78, 5) is 19.4. The summed E-state index contributed by atoms with van der Waals surface area (Å²) in [5.41, 5.74) is 0.942. The van der Waals surface area contributed by atoms with E-state index in [2.05, 4.69) is 9.88 Å². The van der Waals surface area contributed by atoms with Crippen molar-refractivity contribution in [2.45, 2.75) is 4.90 Å². The van der Waals surface area contributed by atoms with Crippen LogP contribution in [-0.2, 0) is 10.0 Å². The lowest BCUT2D eigenvalue weighted by Crippen LogP contribution is -2.46.